The molecule has 11 atom stereocenters. The Morgan fingerprint density at radius 2 is 1.81 bits per heavy atom. The molecule has 36 heavy (non-hydrogen) atoms. The second-order valence-electron chi connectivity index (χ2n) is 12.5. The first-order valence-corrected chi connectivity index (χ1v) is 14.7. The van der Waals surface area contributed by atoms with Crippen molar-refractivity contribution < 1.29 is 41.7 Å². The molecule has 0 bridgehead atoms. The van der Waals surface area contributed by atoms with Gasteiger partial charge >= 0.3 is 5.97 Å². The number of aliphatic hydroxyl groups excluding tert-OH is 1. The number of carboxylic acid groups (broad SMARTS) is 1. The summed E-state index contributed by atoms with van der Waals surface area (Å²) in [6.45, 7) is 7.85. The maximum absolute atomic E-state index is 12.2. The van der Waals surface area contributed by atoms with E-state index in [-0.39, 0.29) is 64.8 Å². The van der Waals surface area contributed by atoms with Crippen molar-refractivity contribution >= 4 is 22.3 Å². The van der Waals surface area contributed by atoms with Crippen molar-refractivity contribution in [1.29, 1.82) is 0 Å². The van der Waals surface area contributed by atoms with Crippen molar-refractivity contribution in [3.8, 4) is 0 Å². The molecule has 4 rings (SSSR count). The van der Waals surface area contributed by atoms with Crippen LogP contribution in [0.15, 0.2) is 0 Å². The van der Waals surface area contributed by atoms with Gasteiger partial charge in [-0.2, -0.15) is 0 Å². The Labute approximate surface area is 214 Å². The van der Waals surface area contributed by atoms with Crippen molar-refractivity contribution in [2.75, 3.05) is 0 Å². The maximum atomic E-state index is 12.2. The van der Waals surface area contributed by atoms with Gasteiger partial charge in [0.2, 0.25) is 10.4 Å². The summed E-state index contributed by atoms with van der Waals surface area (Å²) in [4.78, 5) is 23.4. The molecule has 4 aliphatic carbocycles. The highest BCUT2D eigenvalue weighted by Crippen LogP contribution is 2.69. The highest BCUT2D eigenvalue weighted by atomic mass is 32.3. The van der Waals surface area contributed by atoms with Gasteiger partial charge in [-0.15, -0.1) is 0 Å². The van der Waals surface area contributed by atoms with Gasteiger partial charge in [-0.3, -0.25) is 8.98 Å². The molecular weight excluding hydrogens is 488 g/mol. The van der Waals surface area contributed by atoms with Crippen LogP contribution >= 0.6 is 0 Å². The zero-order chi connectivity index (χ0) is 26.6. The molecule has 0 saturated heterocycles. The minimum atomic E-state index is -4.80. The Hall–Kier alpha value is -1.23. The molecule has 0 amide bonds. The molecule has 0 aromatic heterocycles. The van der Waals surface area contributed by atoms with Crippen LogP contribution in [0.2, 0.25) is 0 Å². The molecule has 0 aliphatic heterocycles. The second kappa shape index (κ2) is 9.82. The molecule has 4 aliphatic rings. The van der Waals surface area contributed by atoms with Crippen molar-refractivity contribution in [3.63, 3.8) is 0 Å². The number of ether oxygens (including phenoxy) is 1. The third-order valence-electron chi connectivity index (χ3n) is 10.8. The zero-order valence-electron chi connectivity index (χ0n) is 21.7. The average Bonchev–Trinajstić information content (AvgIpc) is 3.10. The summed E-state index contributed by atoms with van der Waals surface area (Å²) in [5.41, 5.74) is -0.575. The SMILES string of the molecule is CC(=O)O[C@H]1C[C@H]2[C@@H]([C@H](O)C[C@@H]3C[C@H](OS(=O)(=O)[O-])CC[C@@]32C)[C@@H]2CC[C@H]([C@H](C)CCC(=O)[O-])[C@@]12C. The van der Waals surface area contributed by atoms with Gasteiger partial charge in [-0.05, 0) is 98.7 Å². The molecule has 10 heteroatoms. The first kappa shape index (κ1) is 27.8. The minimum absolute atomic E-state index is 0.00391. The van der Waals surface area contributed by atoms with Gasteiger partial charge in [0, 0.05) is 18.3 Å². The second-order valence-corrected chi connectivity index (χ2v) is 13.5. The first-order valence-electron chi connectivity index (χ1n) is 13.4. The van der Waals surface area contributed by atoms with Gasteiger partial charge in [-0.25, -0.2) is 8.42 Å². The zero-order valence-corrected chi connectivity index (χ0v) is 22.5. The van der Waals surface area contributed by atoms with Crippen LogP contribution in [0.3, 0.4) is 0 Å². The van der Waals surface area contributed by atoms with Gasteiger partial charge in [0.25, 0.3) is 0 Å². The molecule has 0 spiro atoms. The third-order valence-corrected chi connectivity index (χ3v) is 11.3. The molecular formula is C26H40O9S-2. The fourth-order valence-corrected chi connectivity index (χ4v) is 9.77. The van der Waals surface area contributed by atoms with Crippen molar-refractivity contribution in [1.82, 2.24) is 0 Å². The Balaban J connectivity index is 1.64. The summed E-state index contributed by atoms with van der Waals surface area (Å²) in [5, 5.41) is 22.6. The van der Waals surface area contributed by atoms with E-state index in [0.717, 1.165) is 12.8 Å². The molecule has 1 N–H and O–H groups in total. The van der Waals surface area contributed by atoms with E-state index in [1.807, 2.05) is 0 Å². The van der Waals surface area contributed by atoms with Crippen LogP contribution < -0.4 is 5.11 Å². The van der Waals surface area contributed by atoms with Crippen molar-refractivity contribution in [2.24, 2.45) is 46.3 Å². The van der Waals surface area contributed by atoms with E-state index in [2.05, 4.69) is 20.8 Å². The van der Waals surface area contributed by atoms with Crippen LogP contribution in [0.5, 0.6) is 0 Å². The minimum Gasteiger partial charge on any atom is -0.726 e. The summed E-state index contributed by atoms with van der Waals surface area (Å²) in [6, 6.07) is 0. The van der Waals surface area contributed by atoms with Crippen LogP contribution in [0.4, 0.5) is 0 Å². The Morgan fingerprint density at radius 1 is 1.11 bits per heavy atom. The Bertz CT molecular complexity index is 966. The van der Waals surface area contributed by atoms with Crippen LogP contribution in [0, 0.1) is 46.3 Å². The predicted octanol–water partition coefficient (Wildman–Crippen LogP) is 2.17. The third kappa shape index (κ3) is 4.95. The number of hydrogen-bond acceptors (Lipinski definition) is 9. The Morgan fingerprint density at radius 3 is 2.42 bits per heavy atom. The van der Waals surface area contributed by atoms with E-state index in [0.29, 0.717) is 38.5 Å². The summed E-state index contributed by atoms with van der Waals surface area (Å²) in [6.07, 6.45) is 3.32. The number of hydrogen-bond donors (Lipinski definition) is 1. The first-order chi connectivity index (χ1) is 16.7. The van der Waals surface area contributed by atoms with Crippen LogP contribution in [0.1, 0.15) is 85.5 Å². The van der Waals surface area contributed by atoms with Gasteiger partial charge in [0.15, 0.2) is 0 Å². The number of carboxylic acids is 1. The lowest BCUT2D eigenvalue weighted by molar-refractivity contribution is -0.306. The van der Waals surface area contributed by atoms with Gasteiger partial charge in [0.1, 0.15) is 6.10 Å². The molecule has 0 aromatic rings. The van der Waals surface area contributed by atoms with E-state index >= 15 is 0 Å². The predicted molar refractivity (Wildman–Crippen MR) is 126 cm³/mol. The maximum Gasteiger partial charge on any atom is 0.302 e. The molecule has 0 unspecified atom stereocenters. The molecule has 0 heterocycles. The van der Waals surface area contributed by atoms with Crippen molar-refractivity contribution in [2.45, 2.75) is 104 Å². The summed E-state index contributed by atoms with van der Waals surface area (Å²) in [7, 11) is -4.80. The molecule has 4 fully saturated rings. The average molecular weight is 529 g/mol. The van der Waals surface area contributed by atoms with E-state index < -0.39 is 28.6 Å². The fourth-order valence-electron chi connectivity index (χ4n) is 9.26. The van der Waals surface area contributed by atoms with Crippen molar-refractivity contribution in [3.05, 3.63) is 0 Å². The normalized spacial score (nSPS) is 45.2. The van der Waals surface area contributed by atoms with E-state index in [1.54, 1.807) is 0 Å². The fraction of sp³-hybridized carbons (Fsp3) is 0.923. The van der Waals surface area contributed by atoms with E-state index in [9.17, 15) is 32.8 Å². The van der Waals surface area contributed by atoms with Crippen LogP contribution in [0.25, 0.3) is 0 Å². The topological polar surface area (TPSA) is 153 Å². The summed E-state index contributed by atoms with van der Waals surface area (Å²) in [5.74, 6) is -0.919. The molecule has 0 radical (unpaired) electrons. The number of aliphatic hydroxyl groups is 1. The lowest BCUT2D eigenvalue weighted by atomic mass is 9.43. The highest BCUT2D eigenvalue weighted by molar-refractivity contribution is 7.80. The quantitative estimate of drug-likeness (QED) is 0.297. The number of rotatable bonds is 7. The summed E-state index contributed by atoms with van der Waals surface area (Å²) >= 11 is 0. The van der Waals surface area contributed by atoms with Gasteiger partial charge in [0.05, 0.1) is 12.2 Å². The number of esters is 1. The number of carbonyl (C=O) groups excluding carboxylic acids is 2. The van der Waals surface area contributed by atoms with Gasteiger partial charge in [-0.1, -0.05) is 20.8 Å². The molecule has 206 valence electrons. The van der Waals surface area contributed by atoms with E-state index in [1.165, 1.54) is 6.92 Å². The largest absolute Gasteiger partial charge is 0.726 e. The Kier molecular flexibility index (Phi) is 7.58. The number of carbonyl (C=O) groups is 2. The van der Waals surface area contributed by atoms with Crippen LogP contribution in [-0.2, 0) is 28.9 Å². The highest BCUT2D eigenvalue weighted by Gasteiger charge is 2.66. The lowest BCUT2D eigenvalue weighted by Crippen LogP contribution is -2.63. The van der Waals surface area contributed by atoms with Gasteiger partial charge < -0.3 is 24.3 Å². The lowest BCUT2D eigenvalue weighted by Gasteiger charge is -2.64. The number of fused-ring (bicyclic) bond motifs is 5. The standard InChI is InChI=1S/C26H42O9S/c1-14(5-8-23(29)30)18-6-7-19-24-20(13-22(26(18,19)4)34-15(2)27)25(3)10-9-17(35-36(31,32)33)11-16(25)12-21(24)28/h14,16-22,24,28H,5-13H2,1-4H3,(H,29,30)(H,31,32,33)/p-2/t14-,16+,17-,18-,19+,20+,21-,22+,24+,25+,26-/m1/s1. The summed E-state index contributed by atoms with van der Waals surface area (Å²) < 4.78 is 44.4. The monoisotopic (exact) mass is 528 g/mol. The molecule has 4 saturated carbocycles. The van der Waals surface area contributed by atoms with E-state index in [4.69, 9.17) is 8.92 Å². The molecule has 9 nitrogen and oxygen atoms in total. The van der Waals surface area contributed by atoms with Crippen LogP contribution in [-0.4, -0.2) is 48.3 Å². The smallest absolute Gasteiger partial charge is 0.302 e. The molecule has 0 aromatic carbocycles. The number of aliphatic carboxylic acids is 1.